The molecule has 1 unspecified atom stereocenters. The molecule has 2 heterocycles. The van der Waals surface area contributed by atoms with E-state index in [0.717, 1.165) is 42.0 Å². The first-order valence-corrected chi connectivity index (χ1v) is 10.0. The maximum absolute atomic E-state index is 13.0. The molecule has 1 aliphatic rings. The number of carbonyl (C=O) groups is 2. The van der Waals surface area contributed by atoms with Gasteiger partial charge in [-0.3, -0.25) is 14.5 Å². The van der Waals surface area contributed by atoms with Crippen molar-refractivity contribution in [3.05, 3.63) is 52.8 Å². The molecule has 150 valence electrons. The predicted molar refractivity (Wildman–Crippen MR) is 112 cm³/mol. The topological polar surface area (TPSA) is 45.6 Å². The zero-order valence-electron chi connectivity index (χ0n) is 17.7. The van der Waals surface area contributed by atoms with Gasteiger partial charge in [-0.2, -0.15) is 0 Å². The van der Waals surface area contributed by atoms with Crippen molar-refractivity contribution < 1.29 is 9.59 Å². The Balaban J connectivity index is 1.75. The average molecular weight is 382 g/mol. The maximum Gasteiger partial charge on any atom is 0.226 e. The molecule has 0 saturated carbocycles. The standard InChI is InChI=1S/C23H31N3O2/c1-16-8-10-20(11-9-16)26-17(2)13-21(18(26)3)22(27)15-25-12-6-7-19(14-25)23(28)24(4)5/h8-11,13,19H,6-7,12,14-15H2,1-5H3. The number of Topliss-reactive ketones (excluding diaryl/α,β-unsaturated/α-hetero) is 1. The van der Waals surface area contributed by atoms with Gasteiger partial charge in [0.05, 0.1) is 12.5 Å². The van der Waals surface area contributed by atoms with Crippen molar-refractivity contribution in [3.63, 3.8) is 0 Å². The fourth-order valence-electron chi connectivity index (χ4n) is 4.19. The first kappa shape index (κ1) is 20.3. The lowest BCUT2D eigenvalue weighted by Crippen LogP contribution is -2.44. The molecule has 1 amide bonds. The smallest absolute Gasteiger partial charge is 0.226 e. The number of nitrogens with zero attached hydrogens (tertiary/aromatic N) is 3. The van der Waals surface area contributed by atoms with E-state index < -0.39 is 0 Å². The minimum atomic E-state index is -0.00320. The second-order valence-electron chi connectivity index (χ2n) is 8.19. The molecule has 3 rings (SSSR count). The van der Waals surface area contributed by atoms with E-state index in [1.165, 1.54) is 5.56 Å². The number of aromatic nitrogens is 1. The number of carbonyl (C=O) groups excluding carboxylic acids is 2. The number of aryl methyl sites for hydroxylation is 2. The number of likely N-dealkylation sites (tertiary alicyclic amines) is 1. The molecule has 1 fully saturated rings. The highest BCUT2D eigenvalue weighted by Gasteiger charge is 2.28. The summed E-state index contributed by atoms with van der Waals surface area (Å²) < 4.78 is 2.14. The number of benzene rings is 1. The minimum absolute atomic E-state index is 0.00320. The molecule has 0 aliphatic carbocycles. The number of piperidine rings is 1. The molecule has 1 atom stereocenters. The van der Waals surface area contributed by atoms with Crippen LogP contribution in [0.3, 0.4) is 0 Å². The summed E-state index contributed by atoms with van der Waals surface area (Å²) >= 11 is 0. The summed E-state index contributed by atoms with van der Waals surface area (Å²) in [7, 11) is 3.60. The van der Waals surface area contributed by atoms with E-state index in [4.69, 9.17) is 0 Å². The van der Waals surface area contributed by atoms with Gasteiger partial charge in [0.1, 0.15) is 0 Å². The van der Waals surface area contributed by atoms with E-state index in [9.17, 15) is 9.59 Å². The van der Waals surface area contributed by atoms with Crippen LogP contribution in [0.4, 0.5) is 0 Å². The SMILES string of the molecule is Cc1ccc(-n2c(C)cc(C(=O)CN3CCCC(C(=O)N(C)C)C3)c2C)cc1. The average Bonchev–Trinajstić information content (AvgIpc) is 2.96. The Morgan fingerprint density at radius 1 is 1.11 bits per heavy atom. The van der Waals surface area contributed by atoms with E-state index >= 15 is 0 Å². The summed E-state index contributed by atoms with van der Waals surface area (Å²) in [5.41, 5.74) is 5.11. The monoisotopic (exact) mass is 381 g/mol. The molecule has 0 N–H and O–H groups in total. The zero-order chi connectivity index (χ0) is 20.4. The molecule has 0 spiro atoms. The van der Waals surface area contributed by atoms with Gasteiger partial charge in [-0.25, -0.2) is 0 Å². The number of amides is 1. The zero-order valence-corrected chi connectivity index (χ0v) is 17.7. The van der Waals surface area contributed by atoms with Crippen LogP contribution < -0.4 is 0 Å². The van der Waals surface area contributed by atoms with E-state index in [-0.39, 0.29) is 17.6 Å². The molecular weight excluding hydrogens is 350 g/mol. The van der Waals surface area contributed by atoms with Crippen LogP contribution in [0.2, 0.25) is 0 Å². The molecule has 0 bridgehead atoms. The van der Waals surface area contributed by atoms with Crippen molar-refractivity contribution in [3.8, 4) is 5.69 Å². The Bertz CT molecular complexity index is 865. The van der Waals surface area contributed by atoms with Gasteiger partial charge in [0.25, 0.3) is 0 Å². The Morgan fingerprint density at radius 2 is 1.79 bits per heavy atom. The van der Waals surface area contributed by atoms with Crippen LogP contribution in [0, 0.1) is 26.7 Å². The third kappa shape index (κ3) is 4.20. The van der Waals surface area contributed by atoms with Gasteiger partial charge in [0.15, 0.2) is 5.78 Å². The highest BCUT2D eigenvalue weighted by atomic mass is 16.2. The Labute approximate surface area is 167 Å². The first-order chi connectivity index (χ1) is 13.3. The van der Waals surface area contributed by atoms with Crippen LogP contribution in [0.5, 0.6) is 0 Å². The fourth-order valence-corrected chi connectivity index (χ4v) is 4.19. The largest absolute Gasteiger partial charge is 0.349 e. The van der Waals surface area contributed by atoms with Crippen molar-refractivity contribution in [2.45, 2.75) is 33.6 Å². The quantitative estimate of drug-likeness (QED) is 0.746. The summed E-state index contributed by atoms with van der Waals surface area (Å²) in [4.78, 5) is 29.1. The van der Waals surface area contributed by atoms with Gasteiger partial charge < -0.3 is 9.47 Å². The molecule has 0 radical (unpaired) electrons. The second-order valence-corrected chi connectivity index (χ2v) is 8.19. The van der Waals surface area contributed by atoms with Crippen LogP contribution >= 0.6 is 0 Å². The molecule has 5 nitrogen and oxygen atoms in total. The van der Waals surface area contributed by atoms with Crippen LogP contribution in [0.25, 0.3) is 5.69 Å². The van der Waals surface area contributed by atoms with Crippen LogP contribution in [-0.2, 0) is 4.79 Å². The molecule has 2 aromatic rings. The third-order valence-corrected chi connectivity index (χ3v) is 5.69. The summed E-state index contributed by atoms with van der Waals surface area (Å²) in [6.45, 7) is 8.03. The highest BCUT2D eigenvalue weighted by Crippen LogP contribution is 2.23. The predicted octanol–water partition coefficient (Wildman–Crippen LogP) is 3.39. The molecule has 1 aromatic heterocycles. The van der Waals surface area contributed by atoms with Crippen LogP contribution in [0.15, 0.2) is 30.3 Å². The van der Waals surface area contributed by atoms with Crippen molar-refractivity contribution in [1.29, 1.82) is 0 Å². The Kier molecular flexibility index (Phi) is 6.04. The van der Waals surface area contributed by atoms with Gasteiger partial charge in [0, 0.05) is 43.3 Å². The lowest BCUT2D eigenvalue weighted by atomic mass is 9.96. The van der Waals surface area contributed by atoms with Crippen molar-refractivity contribution in [1.82, 2.24) is 14.4 Å². The Morgan fingerprint density at radius 3 is 2.43 bits per heavy atom. The van der Waals surface area contributed by atoms with E-state index in [0.29, 0.717) is 13.1 Å². The molecule has 1 saturated heterocycles. The van der Waals surface area contributed by atoms with Crippen molar-refractivity contribution in [2.24, 2.45) is 5.92 Å². The maximum atomic E-state index is 13.0. The molecule has 1 aliphatic heterocycles. The first-order valence-electron chi connectivity index (χ1n) is 10.0. The fraction of sp³-hybridized carbons (Fsp3) is 0.478. The van der Waals surface area contributed by atoms with Crippen molar-refractivity contribution in [2.75, 3.05) is 33.7 Å². The number of ketones is 1. The number of hydrogen-bond donors (Lipinski definition) is 0. The van der Waals surface area contributed by atoms with Gasteiger partial charge in [-0.05, 0) is 58.4 Å². The third-order valence-electron chi connectivity index (χ3n) is 5.69. The van der Waals surface area contributed by atoms with Gasteiger partial charge in [-0.1, -0.05) is 17.7 Å². The summed E-state index contributed by atoms with van der Waals surface area (Å²) in [6, 6.07) is 10.3. The summed E-state index contributed by atoms with van der Waals surface area (Å²) in [6.07, 6.45) is 1.86. The highest BCUT2D eigenvalue weighted by molar-refractivity contribution is 5.99. The number of rotatable bonds is 5. The lowest BCUT2D eigenvalue weighted by molar-refractivity contribution is -0.134. The Hall–Kier alpha value is -2.40. The van der Waals surface area contributed by atoms with E-state index in [1.54, 1.807) is 19.0 Å². The van der Waals surface area contributed by atoms with Gasteiger partial charge in [0.2, 0.25) is 5.91 Å². The normalized spacial score (nSPS) is 17.5. The van der Waals surface area contributed by atoms with E-state index in [2.05, 4.69) is 40.7 Å². The molecule has 1 aromatic carbocycles. The van der Waals surface area contributed by atoms with Crippen molar-refractivity contribution >= 4 is 11.7 Å². The van der Waals surface area contributed by atoms with Crippen LogP contribution in [-0.4, -0.2) is 59.8 Å². The second kappa shape index (κ2) is 8.31. The molecule has 5 heteroatoms. The summed E-state index contributed by atoms with van der Waals surface area (Å²) in [5.74, 6) is 0.288. The number of hydrogen-bond acceptors (Lipinski definition) is 3. The minimum Gasteiger partial charge on any atom is -0.349 e. The summed E-state index contributed by atoms with van der Waals surface area (Å²) in [5, 5.41) is 0. The molecule has 28 heavy (non-hydrogen) atoms. The van der Waals surface area contributed by atoms with Gasteiger partial charge in [-0.15, -0.1) is 0 Å². The lowest BCUT2D eigenvalue weighted by Gasteiger charge is -2.32. The van der Waals surface area contributed by atoms with Crippen LogP contribution in [0.1, 0.15) is 40.2 Å². The van der Waals surface area contributed by atoms with Gasteiger partial charge >= 0.3 is 0 Å². The molecular formula is C23H31N3O2. The van der Waals surface area contributed by atoms with E-state index in [1.807, 2.05) is 19.9 Å².